The molecule has 3 fully saturated rings. The van der Waals surface area contributed by atoms with E-state index in [1.54, 1.807) is 12.1 Å². The van der Waals surface area contributed by atoms with Gasteiger partial charge in [-0.15, -0.1) is 0 Å². The highest BCUT2D eigenvalue weighted by Crippen LogP contribution is 2.32. The molecule has 0 unspecified atom stereocenters. The Hall–Kier alpha value is -3.57. The summed E-state index contributed by atoms with van der Waals surface area (Å²) in [6.07, 6.45) is 6.50. The first kappa shape index (κ1) is 29.5. The number of hydrogen-bond acceptors (Lipinski definition) is 7. The minimum Gasteiger partial charge on any atom is -0.481 e. The molecule has 0 spiro atoms. The summed E-state index contributed by atoms with van der Waals surface area (Å²) in [5, 5.41) is 12.2. The predicted molar refractivity (Wildman–Crippen MR) is 156 cm³/mol. The van der Waals surface area contributed by atoms with Crippen molar-refractivity contribution in [1.29, 1.82) is 0 Å². The van der Waals surface area contributed by atoms with Gasteiger partial charge in [-0.1, -0.05) is 6.07 Å². The molecule has 3 aromatic rings. The summed E-state index contributed by atoms with van der Waals surface area (Å²) in [7, 11) is 0. The largest absolute Gasteiger partial charge is 0.481 e. The van der Waals surface area contributed by atoms with Crippen LogP contribution in [0.2, 0.25) is 0 Å². The van der Waals surface area contributed by atoms with Gasteiger partial charge in [-0.3, -0.25) is 9.59 Å². The fourth-order valence-corrected chi connectivity index (χ4v) is 6.80. The number of fused-ring (bicyclic) bond motifs is 1. The van der Waals surface area contributed by atoms with Gasteiger partial charge in [0.1, 0.15) is 11.3 Å². The average Bonchev–Trinajstić information content (AvgIpc) is 3.76. The summed E-state index contributed by atoms with van der Waals surface area (Å²) in [6, 6.07) is 8.87. The molecule has 2 aromatic carbocycles. The first-order valence-electron chi connectivity index (χ1n) is 15.3. The van der Waals surface area contributed by atoms with Gasteiger partial charge >= 0.3 is 5.97 Å². The third-order valence-corrected chi connectivity index (χ3v) is 9.14. The van der Waals surface area contributed by atoms with Crippen molar-refractivity contribution >= 4 is 34.7 Å². The molecule has 1 aromatic heterocycles. The number of carboxylic acids is 1. The van der Waals surface area contributed by atoms with Gasteiger partial charge < -0.3 is 29.4 Å². The monoisotopic (exact) mass is 596 g/mol. The lowest BCUT2D eigenvalue weighted by Crippen LogP contribution is -2.48. The molecule has 3 aliphatic rings. The van der Waals surface area contributed by atoms with Crippen LogP contribution in [0.3, 0.4) is 0 Å². The van der Waals surface area contributed by atoms with Gasteiger partial charge in [0, 0.05) is 23.8 Å². The van der Waals surface area contributed by atoms with E-state index >= 15 is 4.39 Å². The molecule has 2 atom stereocenters. The SMILES string of the molecule is O=C(O)C1CCC(OC[C@@H]2CC[C@@H](CN3CCCC3)N2C(=O)Cc2ccc3nc(Nc4ccc(F)cc4)oc3c2F)CC1. The molecule has 11 heteroatoms. The number of rotatable bonds is 10. The third kappa shape index (κ3) is 6.83. The Balaban J connectivity index is 1.15. The number of nitrogens with one attached hydrogen (secondary N) is 1. The summed E-state index contributed by atoms with van der Waals surface area (Å²) < 4.78 is 40.8. The maximum absolute atomic E-state index is 15.7. The fraction of sp³-hybridized carbons (Fsp3) is 0.531. The first-order chi connectivity index (χ1) is 20.8. The Labute approximate surface area is 249 Å². The Morgan fingerprint density at radius 1 is 0.977 bits per heavy atom. The quantitative estimate of drug-likeness (QED) is 0.316. The van der Waals surface area contributed by atoms with Crippen LogP contribution in [-0.4, -0.2) is 76.2 Å². The Kier molecular flexibility index (Phi) is 8.90. The molecule has 0 bridgehead atoms. The van der Waals surface area contributed by atoms with Crippen LogP contribution in [0.4, 0.5) is 20.5 Å². The number of nitrogens with zero attached hydrogens (tertiary/aromatic N) is 3. The van der Waals surface area contributed by atoms with Crippen molar-refractivity contribution in [2.24, 2.45) is 5.92 Å². The summed E-state index contributed by atoms with van der Waals surface area (Å²) in [5.74, 6) is -2.19. The molecule has 230 valence electrons. The first-order valence-corrected chi connectivity index (χ1v) is 15.3. The lowest BCUT2D eigenvalue weighted by molar-refractivity contribution is -0.144. The van der Waals surface area contributed by atoms with E-state index in [-0.39, 0.29) is 59.4 Å². The second kappa shape index (κ2) is 13.0. The smallest absolute Gasteiger partial charge is 0.306 e. The van der Waals surface area contributed by atoms with Gasteiger partial charge in [-0.05, 0) is 94.8 Å². The number of carboxylic acid groups (broad SMARTS) is 1. The normalized spacial score (nSPS) is 24.6. The fourth-order valence-electron chi connectivity index (χ4n) is 6.80. The van der Waals surface area contributed by atoms with E-state index in [4.69, 9.17) is 9.15 Å². The summed E-state index contributed by atoms with van der Waals surface area (Å²) >= 11 is 0. The third-order valence-electron chi connectivity index (χ3n) is 9.14. The standard InChI is InChI=1S/C32H38F2N4O5/c33-22-6-8-23(9-7-22)35-32-36-27-14-5-21(29(34)30(27)43-32)17-28(39)38-24(18-37-15-1-2-16-37)10-11-25(38)19-42-26-12-3-20(4-13-26)31(40)41/h5-9,14,20,24-26H,1-4,10-13,15-19H2,(H,35,36)(H,40,41)/t20?,24-,25-,26?/m0/s1. The highest BCUT2D eigenvalue weighted by atomic mass is 19.1. The number of anilines is 2. The molecular weight excluding hydrogens is 558 g/mol. The van der Waals surface area contributed by atoms with Crippen LogP contribution in [0, 0.1) is 17.6 Å². The minimum absolute atomic E-state index is 0.00537. The second-order valence-corrected chi connectivity index (χ2v) is 12.1. The van der Waals surface area contributed by atoms with E-state index in [2.05, 4.69) is 15.2 Å². The summed E-state index contributed by atoms with van der Waals surface area (Å²) in [6.45, 7) is 3.25. The topological polar surface area (TPSA) is 108 Å². The van der Waals surface area contributed by atoms with Crippen LogP contribution in [0.25, 0.3) is 11.1 Å². The zero-order valence-corrected chi connectivity index (χ0v) is 24.1. The van der Waals surface area contributed by atoms with E-state index in [0.29, 0.717) is 43.5 Å². The van der Waals surface area contributed by atoms with Gasteiger partial charge in [0.05, 0.1) is 31.1 Å². The Morgan fingerprint density at radius 2 is 1.70 bits per heavy atom. The molecule has 2 saturated heterocycles. The zero-order chi connectivity index (χ0) is 29.9. The molecule has 0 radical (unpaired) electrons. The maximum Gasteiger partial charge on any atom is 0.306 e. The summed E-state index contributed by atoms with van der Waals surface area (Å²) in [5.41, 5.74) is 1.06. The van der Waals surface area contributed by atoms with Crippen molar-refractivity contribution in [3.63, 3.8) is 0 Å². The van der Waals surface area contributed by atoms with Crippen molar-refractivity contribution < 1.29 is 32.6 Å². The molecule has 2 aliphatic heterocycles. The molecular formula is C32H38F2N4O5. The van der Waals surface area contributed by atoms with Crippen LogP contribution in [-0.2, 0) is 20.7 Å². The van der Waals surface area contributed by atoms with Crippen molar-refractivity contribution in [1.82, 2.24) is 14.8 Å². The number of amides is 1. The number of carbonyl (C=O) groups excluding carboxylic acids is 1. The number of hydrogen-bond donors (Lipinski definition) is 2. The highest BCUT2D eigenvalue weighted by molar-refractivity contribution is 5.83. The Morgan fingerprint density at radius 3 is 2.42 bits per heavy atom. The highest BCUT2D eigenvalue weighted by Gasteiger charge is 2.39. The van der Waals surface area contributed by atoms with E-state index < -0.39 is 11.8 Å². The number of likely N-dealkylation sites (tertiary alicyclic amines) is 2. The minimum atomic E-state index is -0.744. The number of aromatic nitrogens is 1. The van der Waals surface area contributed by atoms with Crippen molar-refractivity contribution in [2.75, 3.05) is 31.6 Å². The molecule has 6 rings (SSSR count). The van der Waals surface area contributed by atoms with Gasteiger partial charge in [-0.2, -0.15) is 4.98 Å². The maximum atomic E-state index is 15.7. The van der Waals surface area contributed by atoms with Crippen LogP contribution >= 0.6 is 0 Å². The number of halogens is 2. The van der Waals surface area contributed by atoms with Gasteiger partial charge in [0.2, 0.25) is 5.91 Å². The van der Waals surface area contributed by atoms with Gasteiger partial charge in [0.25, 0.3) is 6.01 Å². The molecule has 1 aliphatic carbocycles. The van der Waals surface area contributed by atoms with Crippen LogP contribution < -0.4 is 5.32 Å². The molecule has 9 nitrogen and oxygen atoms in total. The zero-order valence-electron chi connectivity index (χ0n) is 24.1. The number of aliphatic carboxylic acids is 1. The van der Waals surface area contributed by atoms with E-state index in [0.717, 1.165) is 45.3 Å². The van der Waals surface area contributed by atoms with Crippen molar-refractivity contribution in [3.8, 4) is 0 Å². The number of benzene rings is 2. The van der Waals surface area contributed by atoms with Crippen molar-refractivity contribution in [3.05, 3.63) is 53.6 Å². The van der Waals surface area contributed by atoms with Crippen LogP contribution in [0.15, 0.2) is 40.8 Å². The lowest BCUT2D eigenvalue weighted by atomic mass is 9.87. The molecule has 3 heterocycles. The summed E-state index contributed by atoms with van der Waals surface area (Å²) in [4.78, 5) is 33.8. The van der Waals surface area contributed by atoms with Crippen LogP contribution in [0.1, 0.15) is 56.9 Å². The average molecular weight is 597 g/mol. The number of ether oxygens (including phenoxy) is 1. The predicted octanol–water partition coefficient (Wildman–Crippen LogP) is 5.51. The number of carbonyl (C=O) groups is 2. The Bertz CT molecular complexity index is 1430. The molecule has 43 heavy (non-hydrogen) atoms. The van der Waals surface area contributed by atoms with Crippen molar-refractivity contribution in [2.45, 2.75) is 76.0 Å². The molecule has 1 amide bonds. The lowest BCUT2D eigenvalue weighted by Gasteiger charge is -2.34. The second-order valence-electron chi connectivity index (χ2n) is 12.1. The van der Waals surface area contributed by atoms with Gasteiger partial charge in [0.15, 0.2) is 11.4 Å². The van der Waals surface area contributed by atoms with E-state index in [1.165, 1.54) is 24.3 Å². The van der Waals surface area contributed by atoms with E-state index in [1.807, 2.05) is 4.90 Å². The number of oxazole rings is 1. The van der Waals surface area contributed by atoms with Crippen LogP contribution in [0.5, 0.6) is 0 Å². The molecule has 1 saturated carbocycles. The van der Waals surface area contributed by atoms with E-state index in [9.17, 15) is 19.1 Å². The molecule has 2 N–H and O–H groups in total. The van der Waals surface area contributed by atoms with Gasteiger partial charge in [-0.25, -0.2) is 8.78 Å².